The first-order valence-electron chi connectivity index (χ1n) is 4.95. The van der Waals surface area contributed by atoms with E-state index < -0.39 is 0 Å². The van der Waals surface area contributed by atoms with E-state index in [4.69, 9.17) is 11.6 Å². The fraction of sp³-hybridized carbons (Fsp3) is 0.154. The predicted molar refractivity (Wildman–Crippen MR) is 68.7 cm³/mol. The Labute approximate surface area is 104 Å². The van der Waals surface area contributed by atoms with Crippen molar-refractivity contribution in [3.63, 3.8) is 0 Å². The largest absolute Gasteiger partial charge is 0.289 e. The van der Waals surface area contributed by atoms with Crippen molar-refractivity contribution >= 4 is 28.7 Å². The number of halogens is 1. The van der Waals surface area contributed by atoms with E-state index in [1.54, 1.807) is 17.4 Å². The van der Waals surface area contributed by atoms with Crippen molar-refractivity contribution < 1.29 is 4.79 Å². The molecule has 0 N–H and O–H groups in total. The van der Waals surface area contributed by atoms with Gasteiger partial charge in [0.1, 0.15) is 0 Å². The van der Waals surface area contributed by atoms with Gasteiger partial charge in [-0.15, -0.1) is 11.3 Å². The Kier molecular flexibility index (Phi) is 3.13. The van der Waals surface area contributed by atoms with Crippen molar-refractivity contribution in [2.45, 2.75) is 13.8 Å². The first-order valence-corrected chi connectivity index (χ1v) is 6.21. The molecule has 1 aromatic carbocycles. The second-order valence-corrected chi connectivity index (χ2v) is 5.15. The molecule has 3 heteroatoms. The Bertz CT molecular complexity index is 543. The number of benzene rings is 1. The van der Waals surface area contributed by atoms with Gasteiger partial charge in [0.15, 0.2) is 5.78 Å². The smallest absolute Gasteiger partial charge is 0.195 e. The molecule has 2 aromatic rings. The summed E-state index contributed by atoms with van der Waals surface area (Å²) in [7, 11) is 0. The number of ketones is 1. The average molecular weight is 251 g/mol. The van der Waals surface area contributed by atoms with Gasteiger partial charge in [0, 0.05) is 16.0 Å². The number of carbonyl (C=O) groups is 1. The van der Waals surface area contributed by atoms with Crippen LogP contribution in [-0.2, 0) is 0 Å². The fourth-order valence-corrected chi connectivity index (χ4v) is 2.50. The molecule has 0 amide bonds. The first-order chi connectivity index (χ1) is 7.61. The zero-order valence-electron chi connectivity index (χ0n) is 9.08. The van der Waals surface area contributed by atoms with Gasteiger partial charge in [-0.3, -0.25) is 4.79 Å². The summed E-state index contributed by atoms with van der Waals surface area (Å²) in [6.45, 7) is 3.85. The highest BCUT2D eigenvalue weighted by molar-refractivity contribution is 7.10. The Balaban J connectivity index is 2.50. The Morgan fingerprint density at radius 2 is 1.94 bits per heavy atom. The molecule has 0 radical (unpaired) electrons. The van der Waals surface area contributed by atoms with E-state index >= 15 is 0 Å². The molecule has 0 unspecified atom stereocenters. The number of rotatable bonds is 2. The standard InChI is InChI=1S/C13H11ClOS/c1-8-4-3-5-11(12(8)14)13(15)10-6-7-16-9(10)2/h3-7H,1-2H3. The van der Waals surface area contributed by atoms with E-state index in [9.17, 15) is 4.79 Å². The lowest BCUT2D eigenvalue weighted by Crippen LogP contribution is -2.02. The molecule has 0 aliphatic rings. The Morgan fingerprint density at radius 3 is 2.56 bits per heavy atom. The van der Waals surface area contributed by atoms with Crippen LogP contribution in [0.4, 0.5) is 0 Å². The molecule has 0 spiro atoms. The molecule has 1 heterocycles. The van der Waals surface area contributed by atoms with Crippen LogP contribution >= 0.6 is 22.9 Å². The van der Waals surface area contributed by atoms with Crippen LogP contribution in [0.15, 0.2) is 29.6 Å². The highest BCUT2D eigenvalue weighted by Gasteiger charge is 2.16. The number of thiophene rings is 1. The monoisotopic (exact) mass is 250 g/mol. The van der Waals surface area contributed by atoms with Gasteiger partial charge in [-0.2, -0.15) is 0 Å². The molecule has 1 nitrogen and oxygen atoms in total. The summed E-state index contributed by atoms with van der Waals surface area (Å²) in [6.07, 6.45) is 0. The van der Waals surface area contributed by atoms with E-state index in [0.717, 1.165) is 16.0 Å². The molecule has 16 heavy (non-hydrogen) atoms. The molecule has 0 saturated heterocycles. The molecule has 0 fully saturated rings. The van der Waals surface area contributed by atoms with Crippen LogP contribution in [0.5, 0.6) is 0 Å². The molecule has 0 saturated carbocycles. The highest BCUT2D eigenvalue weighted by Crippen LogP contribution is 2.25. The molecular formula is C13H11ClOS. The van der Waals surface area contributed by atoms with Crippen molar-refractivity contribution in [1.29, 1.82) is 0 Å². The third-order valence-corrected chi connectivity index (χ3v) is 3.89. The van der Waals surface area contributed by atoms with Crippen molar-refractivity contribution in [2.24, 2.45) is 0 Å². The average Bonchev–Trinajstić information content (AvgIpc) is 2.68. The van der Waals surface area contributed by atoms with E-state index in [1.807, 2.05) is 37.4 Å². The number of hydrogen-bond donors (Lipinski definition) is 0. The van der Waals surface area contributed by atoms with Crippen LogP contribution in [0.25, 0.3) is 0 Å². The predicted octanol–water partition coefficient (Wildman–Crippen LogP) is 4.25. The van der Waals surface area contributed by atoms with Crippen molar-refractivity contribution in [2.75, 3.05) is 0 Å². The van der Waals surface area contributed by atoms with Crippen molar-refractivity contribution in [3.8, 4) is 0 Å². The van der Waals surface area contributed by atoms with Crippen LogP contribution in [-0.4, -0.2) is 5.78 Å². The van der Waals surface area contributed by atoms with E-state index in [1.165, 1.54) is 0 Å². The third kappa shape index (κ3) is 1.91. The number of hydrogen-bond acceptors (Lipinski definition) is 2. The summed E-state index contributed by atoms with van der Waals surface area (Å²) in [4.78, 5) is 13.3. The lowest BCUT2D eigenvalue weighted by Gasteiger charge is -2.05. The summed E-state index contributed by atoms with van der Waals surface area (Å²) >= 11 is 7.71. The summed E-state index contributed by atoms with van der Waals surface area (Å²) < 4.78 is 0. The van der Waals surface area contributed by atoms with Crippen LogP contribution in [0.2, 0.25) is 5.02 Å². The SMILES string of the molecule is Cc1cccc(C(=O)c2ccsc2C)c1Cl. The van der Waals surface area contributed by atoms with Crippen LogP contribution in [0.3, 0.4) is 0 Å². The highest BCUT2D eigenvalue weighted by atomic mass is 35.5. The second-order valence-electron chi connectivity index (χ2n) is 3.66. The molecule has 2 rings (SSSR count). The lowest BCUT2D eigenvalue weighted by molar-refractivity contribution is 0.103. The van der Waals surface area contributed by atoms with E-state index in [0.29, 0.717) is 10.6 Å². The van der Waals surface area contributed by atoms with Crippen LogP contribution in [0, 0.1) is 13.8 Å². The molecule has 0 aliphatic heterocycles. The maximum atomic E-state index is 12.2. The maximum absolute atomic E-state index is 12.2. The van der Waals surface area contributed by atoms with Crippen LogP contribution in [0.1, 0.15) is 26.4 Å². The van der Waals surface area contributed by atoms with Gasteiger partial charge in [-0.25, -0.2) is 0 Å². The zero-order valence-corrected chi connectivity index (χ0v) is 10.7. The first kappa shape index (κ1) is 11.4. The van der Waals surface area contributed by atoms with Gasteiger partial charge in [-0.05, 0) is 36.9 Å². The van der Waals surface area contributed by atoms with Gasteiger partial charge in [0.05, 0.1) is 5.02 Å². The maximum Gasteiger partial charge on any atom is 0.195 e. The third-order valence-electron chi connectivity index (χ3n) is 2.54. The summed E-state index contributed by atoms with van der Waals surface area (Å²) in [5.74, 6) is 0.00690. The minimum atomic E-state index is 0.00690. The number of carbonyl (C=O) groups excluding carboxylic acids is 1. The van der Waals surface area contributed by atoms with Gasteiger partial charge >= 0.3 is 0 Å². The van der Waals surface area contributed by atoms with E-state index in [-0.39, 0.29) is 5.78 Å². The lowest BCUT2D eigenvalue weighted by atomic mass is 10.0. The topological polar surface area (TPSA) is 17.1 Å². The molecule has 0 aliphatic carbocycles. The molecular weight excluding hydrogens is 240 g/mol. The molecule has 1 aromatic heterocycles. The normalized spacial score (nSPS) is 10.4. The summed E-state index contributed by atoms with van der Waals surface area (Å²) in [5.41, 5.74) is 2.26. The van der Waals surface area contributed by atoms with Crippen LogP contribution < -0.4 is 0 Å². The quantitative estimate of drug-likeness (QED) is 0.729. The Morgan fingerprint density at radius 1 is 1.19 bits per heavy atom. The minimum Gasteiger partial charge on any atom is -0.289 e. The summed E-state index contributed by atoms with van der Waals surface area (Å²) in [6, 6.07) is 7.38. The molecule has 0 bridgehead atoms. The Hall–Kier alpha value is -1.12. The van der Waals surface area contributed by atoms with Crippen molar-refractivity contribution in [3.05, 3.63) is 56.2 Å². The molecule has 82 valence electrons. The van der Waals surface area contributed by atoms with Gasteiger partial charge in [0.2, 0.25) is 0 Å². The summed E-state index contributed by atoms with van der Waals surface area (Å²) in [5, 5.41) is 2.48. The fourth-order valence-electron chi connectivity index (χ4n) is 1.59. The van der Waals surface area contributed by atoms with Gasteiger partial charge in [-0.1, -0.05) is 23.7 Å². The van der Waals surface area contributed by atoms with Gasteiger partial charge < -0.3 is 0 Å². The molecule has 0 atom stereocenters. The second kappa shape index (κ2) is 4.40. The van der Waals surface area contributed by atoms with Crippen molar-refractivity contribution in [1.82, 2.24) is 0 Å². The minimum absolute atomic E-state index is 0.00690. The number of aryl methyl sites for hydroxylation is 2. The van der Waals surface area contributed by atoms with Gasteiger partial charge in [0.25, 0.3) is 0 Å². The zero-order chi connectivity index (χ0) is 11.7. The van der Waals surface area contributed by atoms with E-state index in [2.05, 4.69) is 0 Å².